The summed E-state index contributed by atoms with van der Waals surface area (Å²) in [5.41, 5.74) is 0. The fourth-order valence-electron chi connectivity index (χ4n) is 1.64. The van der Waals surface area contributed by atoms with Crippen molar-refractivity contribution < 1.29 is 4.79 Å². The van der Waals surface area contributed by atoms with Gasteiger partial charge in [0.15, 0.2) is 0 Å². The number of hydrogen-bond donors (Lipinski definition) is 2. The van der Waals surface area contributed by atoms with E-state index in [0.29, 0.717) is 25.5 Å². The van der Waals surface area contributed by atoms with E-state index in [2.05, 4.69) is 25.7 Å². The summed E-state index contributed by atoms with van der Waals surface area (Å²) in [4.78, 5) is 19.7. The minimum Gasteiger partial charge on any atom is -0.356 e. The van der Waals surface area contributed by atoms with E-state index in [1.807, 2.05) is 12.3 Å². The van der Waals surface area contributed by atoms with Gasteiger partial charge >= 0.3 is 0 Å². The van der Waals surface area contributed by atoms with E-state index in [4.69, 9.17) is 0 Å². The number of hydrogen-bond acceptors (Lipinski definition) is 5. The highest BCUT2D eigenvalue weighted by Crippen LogP contribution is 1.94. The maximum absolute atomic E-state index is 11.6. The Bertz CT molecular complexity index is 499. The lowest BCUT2D eigenvalue weighted by atomic mass is 10.3. The fourth-order valence-corrected chi connectivity index (χ4v) is 1.64. The van der Waals surface area contributed by atoms with Crippen molar-refractivity contribution in [1.82, 2.24) is 25.1 Å². The van der Waals surface area contributed by atoms with Gasteiger partial charge in [0.2, 0.25) is 11.9 Å². The zero-order valence-corrected chi connectivity index (χ0v) is 11.2. The molecule has 0 aromatic carbocycles. The van der Waals surface area contributed by atoms with Crippen LogP contribution in [0.5, 0.6) is 0 Å². The van der Waals surface area contributed by atoms with Crippen LogP contribution >= 0.6 is 0 Å². The summed E-state index contributed by atoms with van der Waals surface area (Å²) >= 11 is 0. The van der Waals surface area contributed by atoms with Crippen molar-refractivity contribution in [3.05, 3.63) is 36.9 Å². The molecule has 2 N–H and O–H groups in total. The van der Waals surface area contributed by atoms with Gasteiger partial charge in [-0.05, 0) is 18.6 Å². The first-order valence-electron chi connectivity index (χ1n) is 6.59. The molecule has 0 bridgehead atoms. The van der Waals surface area contributed by atoms with E-state index in [1.54, 1.807) is 29.3 Å². The highest BCUT2D eigenvalue weighted by atomic mass is 16.1. The average Bonchev–Trinajstić information content (AvgIpc) is 2.99. The first-order valence-corrected chi connectivity index (χ1v) is 6.59. The van der Waals surface area contributed by atoms with Gasteiger partial charge in [0.1, 0.15) is 0 Å². The number of carbonyl (C=O) groups excluding carboxylic acids is 1. The topological polar surface area (TPSA) is 84.7 Å². The van der Waals surface area contributed by atoms with Crippen molar-refractivity contribution in [2.45, 2.75) is 19.4 Å². The molecule has 7 nitrogen and oxygen atoms in total. The van der Waals surface area contributed by atoms with Crippen LogP contribution in [0.3, 0.4) is 0 Å². The molecule has 0 fully saturated rings. The van der Waals surface area contributed by atoms with Crippen molar-refractivity contribution in [2.24, 2.45) is 0 Å². The Morgan fingerprint density at radius 3 is 2.75 bits per heavy atom. The standard InChI is InChI=1S/C13H18N6O/c20-12(4-11-19-10-3-9-18-19)14-5-1-6-15-13-16-7-2-8-17-13/h2-3,7-10H,1,4-6,11H2,(H,14,20)(H,15,16,17). The molecule has 106 valence electrons. The van der Waals surface area contributed by atoms with E-state index in [0.717, 1.165) is 13.0 Å². The SMILES string of the molecule is O=C(CCn1cccn1)NCCCNc1ncccn1. The van der Waals surface area contributed by atoms with Crippen molar-refractivity contribution in [3.8, 4) is 0 Å². The van der Waals surface area contributed by atoms with Crippen molar-refractivity contribution >= 4 is 11.9 Å². The molecule has 0 aliphatic heterocycles. The number of rotatable bonds is 8. The predicted octanol–water partition coefficient (Wildman–Crippen LogP) is 0.682. The van der Waals surface area contributed by atoms with E-state index in [-0.39, 0.29) is 5.91 Å². The van der Waals surface area contributed by atoms with Crippen LogP contribution in [0.4, 0.5) is 5.95 Å². The molecule has 0 atom stereocenters. The van der Waals surface area contributed by atoms with Crippen molar-refractivity contribution in [3.63, 3.8) is 0 Å². The van der Waals surface area contributed by atoms with Crippen LogP contribution in [0.2, 0.25) is 0 Å². The molecular formula is C13H18N6O. The fraction of sp³-hybridized carbons (Fsp3) is 0.385. The molecule has 0 spiro atoms. The molecular weight excluding hydrogens is 256 g/mol. The van der Waals surface area contributed by atoms with Gasteiger partial charge in [-0.2, -0.15) is 5.10 Å². The lowest BCUT2D eigenvalue weighted by Crippen LogP contribution is -2.26. The molecule has 2 heterocycles. The highest BCUT2D eigenvalue weighted by Gasteiger charge is 2.01. The normalized spacial score (nSPS) is 10.2. The summed E-state index contributed by atoms with van der Waals surface area (Å²) in [7, 11) is 0. The number of nitrogens with one attached hydrogen (secondary N) is 2. The van der Waals surface area contributed by atoms with Crippen LogP contribution in [0, 0.1) is 0 Å². The van der Waals surface area contributed by atoms with Gasteiger partial charge in [-0.3, -0.25) is 9.48 Å². The Morgan fingerprint density at radius 1 is 1.15 bits per heavy atom. The molecule has 20 heavy (non-hydrogen) atoms. The van der Waals surface area contributed by atoms with Crippen LogP contribution in [0.25, 0.3) is 0 Å². The Hall–Kier alpha value is -2.44. The zero-order valence-electron chi connectivity index (χ0n) is 11.2. The van der Waals surface area contributed by atoms with Gasteiger partial charge in [-0.1, -0.05) is 0 Å². The second-order valence-corrected chi connectivity index (χ2v) is 4.22. The summed E-state index contributed by atoms with van der Waals surface area (Å²) in [6.07, 6.45) is 8.19. The Morgan fingerprint density at radius 2 is 2.00 bits per heavy atom. The van der Waals surface area contributed by atoms with Crippen LogP contribution in [0.1, 0.15) is 12.8 Å². The summed E-state index contributed by atoms with van der Waals surface area (Å²) in [5.74, 6) is 0.647. The summed E-state index contributed by atoms with van der Waals surface area (Å²) in [6.45, 7) is 1.97. The van der Waals surface area contributed by atoms with Crippen molar-refractivity contribution in [2.75, 3.05) is 18.4 Å². The molecule has 2 aromatic heterocycles. The maximum atomic E-state index is 11.6. The Kier molecular flexibility index (Phi) is 5.51. The number of nitrogens with zero attached hydrogens (tertiary/aromatic N) is 4. The largest absolute Gasteiger partial charge is 0.356 e. The smallest absolute Gasteiger partial charge is 0.222 e. The molecule has 0 saturated carbocycles. The zero-order chi connectivity index (χ0) is 14.0. The van der Waals surface area contributed by atoms with E-state index in [9.17, 15) is 4.79 Å². The van der Waals surface area contributed by atoms with E-state index in [1.165, 1.54) is 0 Å². The second kappa shape index (κ2) is 7.88. The van der Waals surface area contributed by atoms with E-state index >= 15 is 0 Å². The molecule has 0 aliphatic carbocycles. The molecule has 2 rings (SSSR count). The summed E-state index contributed by atoms with van der Waals surface area (Å²) in [6, 6.07) is 3.61. The van der Waals surface area contributed by atoms with Gasteiger partial charge in [-0.25, -0.2) is 9.97 Å². The van der Waals surface area contributed by atoms with Gasteiger partial charge in [-0.15, -0.1) is 0 Å². The Labute approximate surface area is 117 Å². The van der Waals surface area contributed by atoms with Crippen LogP contribution in [-0.2, 0) is 11.3 Å². The van der Waals surface area contributed by atoms with E-state index < -0.39 is 0 Å². The first-order chi connectivity index (χ1) is 9.84. The molecule has 0 aliphatic rings. The monoisotopic (exact) mass is 274 g/mol. The van der Waals surface area contributed by atoms with Crippen molar-refractivity contribution in [1.29, 1.82) is 0 Å². The molecule has 7 heteroatoms. The molecule has 0 radical (unpaired) electrons. The lowest BCUT2D eigenvalue weighted by molar-refractivity contribution is -0.121. The minimum atomic E-state index is 0.0384. The molecule has 2 aromatic rings. The summed E-state index contributed by atoms with van der Waals surface area (Å²) < 4.78 is 1.74. The van der Waals surface area contributed by atoms with Gasteiger partial charge in [0.05, 0.1) is 0 Å². The number of amides is 1. The third-order valence-electron chi connectivity index (χ3n) is 2.65. The Balaban J connectivity index is 1.51. The van der Waals surface area contributed by atoms with Gasteiger partial charge in [0.25, 0.3) is 0 Å². The highest BCUT2D eigenvalue weighted by molar-refractivity contribution is 5.75. The first kappa shape index (κ1) is 14.0. The van der Waals surface area contributed by atoms with Crippen LogP contribution in [0.15, 0.2) is 36.9 Å². The van der Waals surface area contributed by atoms with Crippen LogP contribution < -0.4 is 10.6 Å². The predicted molar refractivity (Wildman–Crippen MR) is 75.0 cm³/mol. The lowest BCUT2D eigenvalue weighted by Gasteiger charge is -2.06. The quantitative estimate of drug-likeness (QED) is 0.692. The third kappa shape index (κ3) is 5.05. The minimum absolute atomic E-state index is 0.0384. The van der Waals surface area contributed by atoms with Gasteiger partial charge < -0.3 is 10.6 Å². The number of aromatic nitrogens is 4. The molecule has 0 unspecified atom stereocenters. The maximum Gasteiger partial charge on any atom is 0.222 e. The molecule has 1 amide bonds. The van der Waals surface area contributed by atoms with Gasteiger partial charge in [0, 0.05) is 50.8 Å². The molecule has 0 saturated heterocycles. The number of anilines is 1. The number of carbonyl (C=O) groups is 1. The average molecular weight is 274 g/mol. The summed E-state index contributed by atoms with van der Waals surface area (Å²) in [5, 5.41) is 10.00. The number of aryl methyl sites for hydroxylation is 1. The second-order valence-electron chi connectivity index (χ2n) is 4.22. The van der Waals surface area contributed by atoms with Crippen LogP contribution in [-0.4, -0.2) is 38.7 Å². The third-order valence-corrected chi connectivity index (χ3v) is 2.65.